The van der Waals surface area contributed by atoms with Crippen LogP contribution in [-0.4, -0.2) is 35.0 Å². The van der Waals surface area contributed by atoms with Gasteiger partial charge in [-0.1, -0.05) is 12.1 Å². The van der Waals surface area contributed by atoms with Crippen molar-refractivity contribution in [2.24, 2.45) is 0 Å². The third-order valence-electron chi connectivity index (χ3n) is 2.39. The van der Waals surface area contributed by atoms with Crippen molar-refractivity contribution < 1.29 is 19.4 Å². The summed E-state index contributed by atoms with van der Waals surface area (Å²) in [4.78, 5) is 24.1. The zero-order valence-electron chi connectivity index (χ0n) is 11.5. The molecular formula is C14H18NO4. The number of carbonyl (C=O) groups is 1. The topological polar surface area (TPSA) is 66.8 Å². The first-order chi connectivity index (χ1) is 8.74. The van der Waals surface area contributed by atoms with Crippen molar-refractivity contribution in [2.75, 3.05) is 7.05 Å². The molecule has 0 saturated heterocycles. The van der Waals surface area contributed by atoms with Crippen LogP contribution >= 0.6 is 0 Å². The molecule has 1 rings (SSSR count). The summed E-state index contributed by atoms with van der Waals surface area (Å²) in [7, 11) is 1.47. The van der Waals surface area contributed by atoms with Gasteiger partial charge >= 0.3 is 6.09 Å². The quantitative estimate of drug-likeness (QED) is 0.910. The van der Waals surface area contributed by atoms with Crippen molar-refractivity contribution in [3.8, 4) is 5.75 Å². The molecule has 19 heavy (non-hydrogen) atoms. The van der Waals surface area contributed by atoms with Crippen LogP contribution in [0.15, 0.2) is 24.3 Å². The Labute approximate surface area is 112 Å². The smallest absolute Gasteiger partial charge is 0.410 e. The number of amides is 1. The molecular weight excluding hydrogens is 246 g/mol. The van der Waals surface area contributed by atoms with Crippen molar-refractivity contribution in [3.63, 3.8) is 0 Å². The fourth-order valence-corrected chi connectivity index (χ4v) is 1.47. The number of carbonyl (C=O) groups excluding carboxylic acids is 2. The molecule has 0 aromatic heterocycles. The zero-order valence-corrected chi connectivity index (χ0v) is 11.5. The number of rotatable bonds is 3. The molecule has 1 aromatic carbocycles. The maximum atomic E-state index is 11.9. The molecule has 1 N–H and O–H groups in total. The van der Waals surface area contributed by atoms with Crippen molar-refractivity contribution in [3.05, 3.63) is 29.8 Å². The van der Waals surface area contributed by atoms with E-state index in [-0.39, 0.29) is 5.75 Å². The Morgan fingerprint density at radius 2 is 1.84 bits per heavy atom. The Morgan fingerprint density at radius 3 is 2.26 bits per heavy atom. The van der Waals surface area contributed by atoms with Crippen LogP contribution in [0.2, 0.25) is 0 Å². The van der Waals surface area contributed by atoms with Gasteiger partial charge in [-0.3, -0.25) is 9.69 Å². The van der Waals surface area contributed by atoms with E-state index in [1.165, 1.54) is 24.1 Å². The molecule has 0 spiro atoms. The van der Waals surface area contributed by atoms with Crippen molar-refractivity contribution in [1.82, 2.24) is 4.90 Å². The van der Waals surface area contributed by atoms with Crippen LogP contribution in [0.25, 0.3) is 0 Å². The van der Waals surface area contributed by atoms with E-state index in [0.717, 1.165) is 0 Å². The minimum Gasteiger partial charge on any atom is -0.508 e. The van der Waals surface area contributed by atoms with E-state index in [9.17, 15) is 14.7 Å². The molecule has 0 aliphatic rings. The number of ether oxygens (including phenoxy) is 1. The molecule has 0 aliphatic heterocycles. The number of nitrogens with zero attached hydrogens (tertiary/aromatic N) is 1. The van der Waals surface area contributed by atoms with Gasteiger partial charge in [-0.15, -0.1) is 0 Å². The Balaban J connectivity index is 2.88. The van der Waals surface area contributed by atoms with E-state index in [1.54, 1.807) is 39.2 Å². The van der Waals surface area contributed by atoms with Gasteiger partial charge in [0.2, 0.25) is 6.29 Å². The molecule has 103 valence electrons. The second-order valence-electron chi connectivity index (χ2n) is 5.20. The van der Waals surface area contributed by atoms with Crippen LogP contribution in [0.4, 0.5) is 4.79 Å². The second kappa shape index (κ2) is 5.73. The number of phenols is 1. The highest BCUT2D eigenvalue weighted by Gasteiger charge is 2.26. The SMILES string of the molecule is CN(C(=O)OC(C)(C)C)[C@H]([C]=O)c1ccc(O)cc1. The molecule has 5 heteroatoms. The fraction of sp³-hybridized carbons (Fsp3) is 0.429. The maximum absolute atomic E-state index is 11.9. The van der Waals surface area contributed by atoms with E-state index < -0.39 is 17.7 Å². The molecule has 0 fully saturated rings. The normalized spacial score (nSPS) is 12.6. The Bertz CT molecular complexity index is 448. The number of aromatic hydroxyl groups is 1. The van der Waals surface area contributed by atoms with Gasteiger partial charge in [0.05, 0.1) is 0 Å². The van der Waals surface area contributed by atoms with Crippen LogP contribution in [0.1, 0.15) is 32.4 Å². The third-order valence-corrected chi connectivity index (χ3v) is 2.39. The average molecular weight is 264 g/mol. The van der Waals surface area contributed by atoms with Crippen molar-refractivity contribution in [1.29, 1.82) is 0 Å². The molecule has 0 heterocycles. The lowest BCUT2D eigenvalue weighted by Gasteiger charge is -2.27. The predicted molar refractivity (Wildman–Crippen MR) is 70.5 cm³/mol. The van der Waals surface area contributed by atoms with Crippen LogP contribution < -0.4 is 0 Å². The van der Waals surface area contributed by atoms with Gasteiger partial charge in [-0.05, 0) is 38.5 Å². The van der Waals surface area contributed by atoms with E-state index in [2.05, 4.69) is 0 Å². The number of hydrogen-bond donors (Lipinski definition) is 1. The van der Waals surface area contributed by atoms with Gasteiger partial charge in [0.25, 0.3) is 0 Å². The van der Waals surface area contributed by atoms with E-state index in [1.807, 2.05) is 0 Å². The van der Waals surface area contributed by atoms with Crippen LogP contribution in [0.3, 0.4) is 0 Å². The molecule has 5 nitrogen and oxygen atoms in total. The standard InChI is InChI=1S/C14H18NO4/c1-14(2,3)19-13(18)15(4)12(9-16)10-5-7-11(17)8-6-10/h5-8,12,17H,1-4H3/t12-/m1/s1. The first-order valence-electron chi connectivity index (χ1n) is 5.87. The Hall–Kier alpha value is -2.04. The first-order valence-corrected chi connectivity index (χ1v) is 5.87. The summed E-state index contributed by atoms with van der Waals surface area (Å²) in [5.74, 6) is 0.0910. The molecule has 1 aromatic rings. The van der Waals surface area contributed by atoms with Gasteiger partial charge in [-0.25, -0.2) is 4.79 Å². The monoisotopic (exact) mass is 264 g/mol. The average Bonchev–Trinajstić information content (AvgIpc) is 2.30. The molecule has 0 saturated carbocycles. The van der Waals surface area contributed by atoms with Gasteiger partial charge < -0.3 is 9.84 Å². The molecule has 1 radical (unpaired) electrons. The predicted octanol–water partition coefficient (Wildman–Crippen LogP) is 2.41. The highest BCUT2D eigenvalue weighted by molar-refractivity contribution is 5.75. The summed E-state index contributed by atoms with van der Waals surface area (Å²) < 4.78 is 5.19. The third kappa shape index (κ3) is 4.28. The van der Waals surface area contributed by atoms with E-state index in [4.69, 9.17) is 4.74 Å². The lowest BCUT2D eigenvalue weighted by Crippen LogP contribution is -2.37. The summed E-state index contributed by atoms with van der Waals surface area (Å²) in [6.07, 6.45) is 1.19. The lowest BCUT2D eigenvalue weighted by molar-refractivity contribution is 0.0264. The van der Waals surface area contributed by atoms with E-state index in [0.29, 0.717) is 5.56 Å². The minimum absolute atomic E-state index is 0.0910. The minimum atomic E-state index is -0.865. The molecule has 1 amide bonds. The highest BCUT2D eigenvalue weighted by atomic mass is 16.6. The molecule has 0 unspecified atom stereocenters. The van der Waals surface area contributed by atoms with Gasteiger partial charge in [0.15, 0.2) is 0 Å². The number of likely N-dealkylation sites (N-methyl/N-ethyl adjacent to an activating group) is 1. The molecule has 1 atom stereocenters. The van der Waals surface area contributed by atoms with Gasteiger partial charge in [0, 0.05) is 7.05 Å². The largest absolute Gasteiger partial charge is 0.508 e. The summed E-state index contributed by atoms with van der Waals surface area (Å²) in [6.45, 7) is 5.25. The molecule has 0 aliphatic carbocycles. The summed E-state index contributed by atoms with van der Waals surface area (Å²) in [5, 5.41) is 9.21. The summed E-state index contributed by atoms with van der Waals surface area (Å²) in [6, 6.07) is 5.15. The van der Waals surface area contributed by atoms with E-state index >= 15 is 0 Å². The first kappa shape index (κ1) is 15.0. The van der Waals surface area contributed by atoms with Crippen LogP contribution in [0, 0.1) is 0 Å². The van der Waals surface area contributed by atoms with Crippen LogP contribution in [-0.2, 0) is 9.53 Å². The second-order valence-corrected chi connectivity index (χ2v) is 5.20. The fourth-order valence-electron chi connectivity index (χ4n) is 1.47. The van der Waals surface area contributed by atoms with Crippen LogP contribution in [0.5, 0.6) is 5.75 Å². The van der Waals surface area contributed by atoms with Crippen molar-refractivity contribution in [2.45, 2.75) is 32.4 Å². The lowest BCUT2D eigenvalue weighted by atomic mass is 10.1. The number of hydrogen-bond acceptors (Lipinski definition) is 4. The zero-order chi connectivity index (χ0) is 14.6. The summed E-state index contributed by atoms with van der Waals surface area (Å²) >= 11 is 0. The van der Waals surface area contributed by atoms with Crippen molar-refractivity contribution >= 4 is 12.4 Å². The highest BCUT2D eigenvalue weighted by Crippen LogP contribution is 2.21. The Kier molecular flexibility index (Phi) is 4.53. The Morgan fingerprint density at radius 1 is 1.32 bits per heavy atom. The van der Waals surface area contributed by atoms with Gasteiger partial charge in [0.1, 0.15) is 17.4 Å². The summed E-state index contributed by atoms with van der Waals surface area (Å²) in [5.41, 5.74) is -0.0746. The number of phenolic OH excluding ortho intramolecular Hbond substituents is 1. The van der Waals surface area contributed by atoms with Gasteiger partial charge in [-0.2, -0.15) is 0 Å². The maximum Gasteiger partial charge on any atom is 0.410 e. The molecule has 0 bridgehead atoms. The number of benzene rings is 1.